The summed E-state index contributed by atoms with van der Waals surface area (Å²) >= 11 is 1.35. The minimum Gasteiger partial charge on any atom is -0.462 e. The van der Waals surface area contributed by atoms with Gasteiger partial charge in [-0.2, -0.15) is 0 Å². The van der Waals surface area contributed by atoms with Gasteiger partial charge in [-0.25, -0.2) is 4.79 Å². The van der Waals surface area contributed by atoms with Crippen LogP contribution in [-0.2, 0) is 14.3 Å². The Hall–Kier alpha value is -2.22. The first-order valence-electron chi connectivity index (χ1n) is 9.45. The Morgan fingerprint density at radius 3 is 2.64 bits per heavy atom. The molecule has 150 valence electrons. The highest BCUT2D eigenvalue weighted by molar-refractivity contribution is 7.15. The SMILES string of the molecule is CCOC(=O)c1c(-c2ccc(C)cc2C)csc1NC(=O)CN1CCOCC1. The Labute approximate surface area is 169 Å². The molecular weight excluding hydrogens is 376 g/mol. The Bertz CT molecular complexity index is 856. The highest BCUT2D eigenvalue weighted by atomic mass is 32.1. The molecule has 1 N–H and O–H groups in total. The third kappa shape index (κ3) is 4.79. The number of hydrogen-bond acceptors (Lipinski definition) is 6. The molecule has 0 saturated carbocycles. The second-order valence-electron chi connectivity index (χ2n) is 6.83. The third-order valence-corrected chi connectivity index (χ3v) is 5.56. The van der Waals surface area contributed by atoms with Gasteiger partial charge in [0, 0.05) is 24.0 Å². The van der Waals surface area contributed by atoms with Gasteiger partial charge in [-0.3, -0.25) is 9.69 Å². The molecule has 1 amide bonds. The quantitative estimate of drug-likeness (QED) is 0.750. The fourth-order valence-electron chi connectivity index (χ4n) is 3.30. The fourth-order valence-corrected chi connectivity index (χ4v) is 4.26. The summed E-state index contributed by atoms with van der Waals surface area (Å²) in [5, 5.41) is 5.36. The topological polar surface area (TPSA) is 67.9 Å². The summed E-state index contributed by atoms with van der Waals surface area (Å²) in [7, 11) is 0. The van der Waals surface area contributed by atoms with Crippen LogP contribution in [0.5, 0.6) is 0 Å². The van der Waals surface area contributed by atoms with Crippen molar-refractivity contribution >= 4 is 28.2 Å². The predicted octanol–water partition coefficient (Wildman–Crippen LogP) is 3.48. The van der Waals surface area contributed by atoms with Crippen molar-refractivity contribution in [3.8, 4) is 11.1 Å². The molecule has 0 spiro atoms. The Morgan fingerprint density at radius 1 is 1.21 bits per heavy atom. The van der Waals surface area contributed by atoms with Crippen LogP contribution in [0.25, 0.3) is 11.1 Å². The number of anilines is 1. The lowest BCUT2D eigenvalue weighted by Gasteiger charge is -2.25. The number of esters is 1. The zero-order chi connectivity index (χ0) is 20.1. The molecule has 1 aliphatic heterocycles. The van der Waals surface area contributed by atoms with Crippen LogP contribution in [0, 0.1) is 13.8 Å². The molecule has 0 bridgehead atoms. The van der Waals surface area contributed by atoms with Crippen molar-refractivity contribution in [2.45, 2.75) is 20.8 Å². The largest absolute Gasteiger partial charge is 0.462 e. The van der Waals surface area contributed by atoms with Gasteiger partial charge < -0.3 is 14.8 Å². The van der Waals surface area contributed by atoms with Gasteiger partial charge in [0.05, 0.1) is 26.4 Å². The van der Waals surface area contributed by atoms with Crippen molar-refractivity contribution < 1.29 is 19.1 Å². The van der Waals surface area contributed by atoms with Gasteiger partial charge in [0.25, 0.3) is 0 Å². The minimum atomic E-state index is -0.416. The Morgan fingerprint density at radius 2 is 1.96 bits per heavy atom. The van der Waals surface area contributed by atoms with E-state index in [0.29, 0.717) is 23.8 Å². The molecule has 28 heavy (non-hydrogen) atoms. The highest BCUT2D eigenvalue weighted by Crippen LogP contribution is 2.37. The maximum atomic E-state index is 12.7. The van der Waals surface area contributed by atoms with Crippen LogP contribution in [0.4, 0.5) is 5.00 Å². The summed E-state index contributed by atoms with van der Waals surface area (Å²) in [6.45, 7) is 9.13. The van der Waals surface area contributed by atoms with Crippen LogP contribution in [-0.4, -0.2) is 56.2 Å². The van der Waals surface area contributed by atoms with E-state index in [1.807, 2.05) is 36.3 Å². The predicted molar refractivity (Wildman–Crippen MR) is 111 cm³/mol. The van der Waals surface area contributed by atoms with Crippen LogP contribution < -0.4 is 5.32 Å². The van der Waals surface area contributed by atoms with Crippen LogP contribution in [0.15, 0.2) is 23.6 Å². The number of aryl methyl sites for hydroxylation is 2. The molecule has 1 aromatic carbocycles. The summed E-state index contributed by atoms with van der Waals surface area (Å²) in [4.78, 5) is 27.3. The first kappa shape index (κ1) is 20.5. The number of ether oxygens (including phenoxy) is 2. The van der Waals surface area contributed by atoms with Crippen LogP contribution in [0.1, 0.15) is 28.4 Å². The molecule has 1 aliphatic rings. The lowest BCUT2D eigenvalue weighted by Crippen LogP contribution is -2.41. The molecule has 0 unspecified atom stereocenters. The van der Waals surface area contributed by atoms with Crippen LogP contribution >= 0.6 is 11.3 Å². The lowest BCUT2D eigenvalue weighted by atomic mass is 9.97. The first-order valence-corrected chi connectivity index (χ1v) is 10.3. The van der Waals surface area contributed by atoms with E-state index in [4.69, 9.17) is 9.47 Å². The number of amides is 1. The summed E-state index contributed by atoms with van der Waals surface area (Å²) in [5.41, 5.74) is 4.43. The lowest BCUT2D eigenvalue weighted by molar-refractivity contribution is -0.118. The van der Waals surface area contributed by atoms with Gasteiger partial charge in [-0.1, -0.05) is 23.8 Å². The number of carbonyl (C=O) groups excluding carboxylic acids is 2. The van der Waals surface area contributed by atoms with E-state index in [9.17, 15) is 9.59 Å². The number of carbonyl (C=O) groups is 2. The van der Waals surface area contributed by atoms with Gasteiger partial charge in [-0.05, 0) is 31.9 Å². The average molecular weight is 403 g/mol. The number of hydrogen-bond donors (Lipinski definition) is 1. The number of rotatable bonds is 6. The second-order valence-corrected chi connectivity index (χ2v) is 7.71. The second kappa shape index (κ2) is 9.32. The van der Waals surface area contributed by atoms with E-state index in [-0.39, 0.29) is 19.1 Å². The van der Waals surface area contributed by atoms with E-state index in [0.717, 1.165) is 35.3 Å². The van der Waals surface area contributed by atoms with Crippen molar-refractivity contribution in [1.82, 2.24) is 4.90 Å². The van der Waals surface area contributed by atoms with E-state index in [1.54, 1.807) is 6.92 Å². The molecule has 0 aliphatic carbocycles. The fraction of sp³-hybridized carbons (Fsp3) is 0.429. The molecule has 1 saturated heterocycles. The molecule has 3 rings (SSSR count). The van der Waals surface area contributed by atoms with Gasteiger partial charge in [0.15, 0.2) is 0 Å². The molecule has 0 radical (unpaired) electrons. The standard InChI is InChI=1S/C21H26N2O4S/c1-4-27-21(25)19-17(16-6-5-14(2)11-15(16)3)13-28-20(19)22-18(24)12-23-7-9-26-10-8-23/h5-6,11,13H,4,7-10,12H2,1-3H3,(H,22,24). The summed E-state index contributed by atoms with van der Waals surface area (Å²) in [6, 6.07) is 6.11. The van der Waals surface area contributed by atoms with Crippen molar-refractivity contribution in [2.75, 3.05) is 44.8 Å². The molecule has 6 nitrogen and oxygen atoms in total. The van der Waals surface area contributed by atoms with Crippen LogP contribution in [0.2, 0.25) is 0 Å². The number of morpholine rings is 1. The van der Waals surface area contributed by atoms with E-state index < -0.39 is 5.97 Å². The number of thiophene rings is 1. The Balaban J connectivity index is 1.87. The van der Waals surface area contributed by atoms with Gasteiger partial charge in [0.2, 0.25) is 5.91 Å². The van der Waals surface area contributed by atoms with Gasteiger partial charge >= 0.3 is 5.97 Å². The summed E-state index contributed by atoms with van der Waals surface area (Å²) < 4.78 is 10.6. The Kier molecular flexibility index (Phi) is 6.83. The molecule has 7 heteroatoms. The highest BCUT2D eigenvalue weighted by Gasteiger charge is 2.24. The number of nitrogens with one attached hydrogen (secondary N) is 1. The zero-order valence-electron chi connectivity index (χ0n) is 16.5. The van der Waals surface area contributed by atoms with Gasteiger partial charge in [0.1, 0.15) is 10.6 Å². The smallest absolute Gasteiger partial charge is 0.341 e. The van der Waals surface area contributed by atoms with Crippen molar-refractivity contribution in [1.29, 1.82) is 0 Å². The molecular formula is C21H26N2O4S. The van der Waals surface area contributed by atoms with Crippen molar-refractivity contribution in [3.05, 3.63) is 40.3 Å². The molecule has 0 atom stereocenters. The summed E-state index contributed by atoms with van der Waals surface area (Å²) in [5.74, 6) is -0.554. The molecule has 2 aromatic rings. The first-order chi connectivity index (χ1) is 13.5. The average Bonchev–Trinajstić information content (AvgIpc) is 3.06. The third-order valence-electron chi connectivity index (χ3n) is 4.67. The monoisotopic (exact) mass is 402 g/mol. The van der Waals surface area contributed by atoms with Crippen molar-refractivity contribution in [2.24, 2.45) is 0 Å². The number of nitrogens with zero attached hydrogens (tertiary/aromatic N) is 1. The zero-order valence-corrected chi connectivity index (χ0v) is 17.4. The maximum absolute atomic E-state index is 12.7. The molecule has 2 heterocycles. The van der Waals surface area contributed by atoms with E-state index in [2.05, 4.69) is 11.4 Å². The minimum absolute atomic E-state index is 0.138. The van der Waals surface area contributed by atoms with E-state index in [1.165, 1.54) is 11.3 Å². The van der Waals surface area contributed by atoms with Gasteiger partial charge in [-0.15, -0.1) is 11.3 Å². The summed E-state index contributed by atoms with van der Waals surface area (Å²) in [6.07, 6.45) is 0. The molecule has 1 fully saturated rings. The number of benzene rings is 1. The molecule has 1 aromatic heterocycles. The van der Waals surface area contributed by atoms with E-state index >= 15 is 0 Å². The normalized spacial score (nSPS) is 14.7. The maximum Gasteiger partial charge on any atom is 0.341 e. The van der Waals surface area contributed by atoms with Crippen molar-refractivity contribution in [3.63, 3.8) is 0 Å². The van der Waals surface area contributed by atoms with Crippen LogP contribution in [0.3, 0.4) is 0 Å².